The van der Waals surface area contributed by atoms with Crippen molar-refractivity contribution in [3.8, 4) is 0 Å². The number of carboxylic acid groups (broad SMARTS) is 1. The van der Waals surface area contributed by atoms with Crippen LogP contribution in [0.1, 0.15) is 50.0 Å². The van der Waals surface area contributed by atoms with Crippen LogP contribution in [0.4, 0.5) is 5.69 Å². The second kappa shape index (κ2) is 6.07. The molecule has 1 aromatic carbocycles. The van der Waals surface area contributed by atoms with Gasteiger partial charge in [-0.2, -0.15) is 0 Å². The lowest BCUT2D eigenvalue weighted by Gasteiger charge is -2.26. The van der Waals surface area contributed by atoms with Crippen molar-refractivity contribution >= 4 is 17.6 Å². The number of rotatable bonds is 4. The van der Waals surface area contributed by atoms with Crippen molar-refractivity contribution < 1.29 is 14.7 Å². The zero-order valence-electron chi connectivity index (χ0n) is 12.8. The van der Waals surface area contributed by atoms with E-state index in [2.05, 4.69) is 26.1 Å². The molecular weight excluding hydrogens is 254 g/mol. The van der Waals surface area contributed by atoms with E-state index in [9.17, 15) is 14.7 Å². The standard InChI is InChI=1S/C16H23NO3/c1-10-7-6-8-12(14(10)15(19)20)17-13(18)9-11(2)16(3,4)5/h6-8,11H,9H2,1-5H3,(H,17,18)(H,19,20). The Labute approximate surface area is 120 Å². The van der Waals surface area contributed by atoms with Crippen molar-refractivity contribution in [1.29, 1.82) is 0 Å². The van der Waals surface area contributed by atoms with Gasteiger partial charge in [0.1, 0.15) is 0 Å². The Kier molecular flexibility index (Phi) is 4.93. The maximum atomic E-state index is 12.1. The summed E-state index contributed by atoms with van der Waals surface area (Å²) >= 11 is 0. The van der Waals surface area contributed by atoms with Crippen LogP contribution in [0.5, 0.6) is 0 Å². The number of nitrogens with one attached hydrogen (secondary N) is 1. The third-order valence-corrected chi connectivity index (χ3v) is 3.73. The number of aryl methyl sites for hydroxylation is 1. The monoisotopic (exact) mass is 277 g/mol. The largest absolute Gasteiger partial charge is 0.478 e. The molecular formula is C16H23NO3. The van der Waals surface area contributed by atoms with Crippen molar-refractivity contribution in [3.05, 3.63) is 29.3 Å². The van der Waals surface area contributed by atoms with Crippen LogP contribution in [0.3, 0.4) is 0 Å². The molecule has 110 valence electrons. The maximum Gasteiger partial charge on any atom is 0.338 e. The normalized spacial score (nSPS) is 12.8. The fourth-order valence-electron chi connectivity index (χ4n) is 1.84. The predicted octanol–water partition coefficient (Wildman–Crippen LogP) is 3.70. The highest BCUT2D eigenvalue weighted by Gasteiger charge is 2.23. The first kappa shape index (κ1) is 16.2. The zero-order chi connectivity index (χ0) is 15.5. The Hall–Kier alpha value is -1.84. The van der Waals surface area contributed by atoms with Crippen molar-refractivity contribution in [2.45, 2.75) is 41.0 Å². The van der Waals surface area contributed by atoms with Gasteiger partial charge >= 0.3 is 5.97 Å². The summed E-state index contributed by atoms with van der Waals surface area (Å²) in [6.07, 6.45) is 0.372. The van der Waals surface area contributed by atoms with Crippen LogP contribution in [0.15, 0.2) is 18.2 Å². The van der Waals surface area contributed by atoms with Crippen molar-refractivity contribution in [2.75, 3.05) is 5.32 Å². The third-order valence-electron chi connectivity index (χ3n) is 3.73. The fourth-order valence-corrected chi connectivity index (χ4v) is 1.84. The molecule has 0 fully saturated rings. The van der Waals surface area contributed by atoms with Gasteiger partial charge in [0, 0.05) is 6.42 Å². The van der Waals surface area contributed by atoms with Crippen LogP contribution in [0.25, 0.3) is 0 Å². The molecule has 0 aliphatic rings. The summed E-state index contributed by atoms with van der Waals surface area (Å²) in [4.78, 5) is 23.3. The van der Waals surface area contributed by atoms with Gasteiger partial charge in [-0.3, -0.25) is 4.79 Å². The molecule has 20 heavy (non-hydrogen) atoms. The molecule has 0 heterocycles. The van der Waals surface area contributed by atoms with E-state index in [1.165, 1.54) is 0 Å². The van der Waals surface area contributed by atoms with Gasteiger partial charge in [0.05, 0.1) is 11.3 Å². The van der Waals surface area contributed by atoms with Crippen molar-refractivity contribution in [3.63, 3.8) is 0 Å². The Bertz CT molecular complexity index is 515. The minimum Gasteiger partial charge on any atom is -0.478 e. The maximum absolute atomic E-state index is 12.1. The summed E-state index contributed by atoms with van der Waals surface area (Å²) in [7, 11) is 0. The van der Waals surface area contributed by atoms with Gasteiger partial charge in [0.25, 0.3) is 0 Å². The van der Waals surface area contributed by atoms with E-state index < -0.39 is 5.97 Å². The molecule has 2 N–H and O–H groups in total. The van der Waals surface area contributed by atoms with Gasteiger partial charge in [-0.05, 0) is 29.9 Å². The SMILES string of the molecule is Cc1cccc(NC(=O)CC(C)C(C)(C)C)c1C(=O)O. The summed E-state index contributed by atoms with van der Waals surface area (Å²) in [5.74, 6) is -0.969. The van der Waals surface area contributed by atoms with Crippen LogP contribution in [-0.2, 0) is 4.79 Å². The number of hydrogen-bond acceptors (Lipinski definition) is 2. The number of amides is 1. The molecule has 4 nitrogen and oxygen atoms in total. The first-order valence-electron chi connectivity index (χ1n) is 6.75. The highest BCUT2D eigenvalue weighted by Crippen LogP contribution is 2.28. The lowest BCUT2D eigenvalue weighted by Crippen LogP contribution is -2.24. The molecule has 0 aromatic heterocycles. The van der Waals surface area contributed by atoms with Gasteiger partial charge in [-0.15, -0.1) is 0 Å². The second-order valence-corrected chi connectivity index (χ2v) is 6.32. The Morgan fingerprint density at radius 3 is 2.40 bits per heavy atom. The number of carbonyl (C=O) groups is 2. The first-order chi connectivity index (χ1) is 9.12. The summed E-state index contributed by atoms with van der Waals surface area (Å²) in [6, 6.07) is 5.08. The van der Waals surface area contributed by atoms with E-state index in [0.29, 0.717) is 17.7 Å². The Balaban J connectivity index is 2.87. The fraction of sp³-hybridized carbons (Fsp3) is 0.500. The average Bonchev–Trinajstić information content (AvgIpc) is 2.26. The molecule has 0 radical (unpaired) electrons. The van der Waals surface area contributed by atoms with Gasteiger partial charge in [-0.1, -0.05) is 39.8 Å². The summed E-state index contributed by atoms with van der Waals surface area (Å²) < 4.78 is 0. The Morgan fingerprint density at radius 1 is 1.30 bits per heavy atom. The molecule has 0 bridgehead atoms. The van der Waals surface area contributed by atoms with Crippen LogP contribution in [0.2, 0.25) is 0 Å². The molecule has 1 rings (SSSR count). The second-order valence-electron chi connectivity index (χ2n) is 6.32. The first-order valence-corrected chi connectivity index (χ1v) is 6.75. The summed E-state index contributed by atoms with van der Waals surface area (Å²) in [5, 5.41) is 11.9. The van der Waals surface area contributed by atoms with E-state index in [1.54, 1.807) is 25.1 Å². The average molecular weight is 277 g/mol. The molecule has 1 amide bonds. The van der Waals surface area contributed by atoms with Crippen LogP contribution in [-0.4, -0.2) is 17.0 Å². The minimum absolute atomic E-state index is 0.0412. The molecule has 0 spiro atoms. The number of hydrogen-bond donors (Lipinski definition) is 2. The number of carboxylic acids is 1. The Morgan fingerprint density at radius 2 is 1.90 bits per heavy atom. The van der Waals surface area contributed by atoms with Gasteiger partial charge < -0.3 is 10.4 Å². The molecule has 1 aromatic rings. The van der Waals surface area contributed by atoms with E-state index in [-0.39, 0.29) is 22.8 Å². The smallest absolute Gasteiger partial charge is 0.338 e. The van der Waals surface area contributed by atoms with Gasteiger partial charge in [0.2, 0.25) is 5.91 Å². The lowest BCUT2D eigenvalue weighted by molar-refractivity contribution is -0.117. The number of benzene rings is 1. The molecule has 0 saturated heterocycles. The molecule has 4 heteroatoms. The highest BCUT2D eigenvalue weighted by atomic mass is 16.4. The van der Waals surface area contributed by atoms with E-state index in [4.69, 9.17) is 0 Å². The van der Waals surface area contributed by atoms with E-state index in [0.717, 1.165) is 0 Å². The predicted molar refractivity (Wildman–Crippen MR) is 80.0 cm³/mol. The lowest BCUT2D eigenvalue weighted by atomic mass is 9.80. The molecule has 0 aliphatic heterocycles. The number of carbonyl (C=O) groups excluding carboxylic acids is 1. The van der Waals surface area contributed by atoms with Gasteiger partial charge in [-0.25, -0.2) is 4.79 Å². The summed E-state index contributed by atoms with van der Waals surface area (Å²) in [6.45, 7) is 9.99. The van der Waals surface area contributed by atoms with Crippen LogP contribution in [0, 0.1) is 18.3 Å². The highest BCUT2D eigenvalue weighted by molar-refractivity contribution is 6.01. The van der Waals surface area contributed by atoms with Crippen molar-refractivity contribution in [1.82, 2.24) is 0 Å². The quantitative estimate of drug-likeness (QED) is 0.881. The molecule has 1 unspecified atom stereocenters. The van der Waals surface area contributed by atoms with E-state index >= 15 is 0 Å². The van der Waals surface area contributed by atoms with Crippen LogP contribution >= 0.6 is 0 Å². The third kappa shape index (κ3) is 4.08. The molecule has 0 saturated carbocycles. The zero-order valence-corrected chi connectivity index (χ0v) is 12.8. The van der Waals surface area contributed by atoms with Gasteiger partial charge in [0.15, 0.2) is 0 Å². The summed E-state index contributed by atoms with van der Waals surface area (Å²) in [5.41, 5.74) is 1.20. The topological polar surface area (TPSA) is 66.4 Å². The minimum atomic E-state index is -1.03. The molecule has 0 aliphatic carbocycles. The van der Waals surface area contributed by atoms with Crippen LogP contribution < -0.4 is 5.32 Å². The number of aromatic carboxylic acids is 1. The number of anilines is 1. The molecule has 1 atom stereocenters. The van der Waals surface area contributed by atoms with E-state index in [1.807, 2.05) is 6.92 Å². The van der Waals surface area contributed by atoms with Crippen molar-refractivity contribution in [2.24, 2.45) is 11.3 Å².